The van der Waals surface area contributed by atoms with Crippen LogP contribution in [-0.4, -0.2) is 43.2 Å². The molecule has 0 aliphatic rings. The van der Waals surface area contributed by atoms with Crippen LogP contribution in [0.3, 0.4) is 0 Å². The molecule has 0 bridgehead atoms. The summed E-state index contributed by atoms with van der Waals surface area (Å²) in [6.07, 6.45) is 3.44. The Kier molecular flexibility index (Phi) is 6.88. The lowest BCUT2D eigenvalue weighted by molar-refractivity contribution is 0.0954. The normalized spacial score (nSPS) is 10.8. The third-order valence-electron chi connectivity index (χ3n) is 5.14. The van der Waals surface area contributed by atoms with E-state index >= 15 is 0 Å². The number of carbonyl (C=O) groups excluding carboxylic acids is 1. The molecule has 0 unspecified atom stereocenters. The minimum Gasteiger partial charge on any atom is -0.497 e. The van der Waals surface area contributed by atoms with E-state index < -0.39 is 0 Å². The highest BCUT2D eigenvalue weighted by Crippen LogP contribution is 2.28. The fourth-order valence-electron chi connectivity index (χ4n) is 3.37. The van der Waals surface area contributed by atoms with Gasteiger partial charge in [0.05, 0.1) is 33.2 Å². The van der Waals surface area contributed by atoms with Crippen molar-refractivity contribution < 1.29 is 19.0 Å². The van der Waals surface area contributed by atoms with Crippen LogP contribution in [0.15, 0.2) is 84.1 Å². The highest BCUT2D eigenvalue weighted by molar-refractivity contribution is 5.96. The SMILES string of the molecule is COc1ccc(-c2nn(-c3ccccc3)cc2/C=N\NC(=O)c2ccc(OC)c(OC)c2)cc1. The van der Waals surface area contributed by atoms with Gasteiger partial charge in [0.25, 0.3) is 5.91 Å². The zero-order valence-electron chi connectivity index (χ0n) is 19.1. The molecule has 1 aromatic heterocycles. The first-order valence-corrected chi connectivity index (χ1v) is 10.5. The maximum Gasteiger partial charge on any atom is 0.271 e. The molecule has 8 nitrogen and oxygen atoms in total. The molecule has 0 aliphatic carbocycles. The standard InChI is InChI=1S/C26H24N4O4/c1-32-22-12-9-18(10-13-22)25-20(17-30(29-25)21-7-5-4-6-8-21)16-27-28-26(31)19-11-14-23(33-2)24(15-19)34-3/h4-17H,1-3H3,(H,28,31)/b27-16-. The zero-order chi connectivity index (χ0) is 23.9. The van der Waals surface area contributed by atoms with Crippen LogP contribution in [0.5, 0.6) is 17.2 Å². The number of methoxy groups -OCH3 is 3. The molecule has 8 heteroatoms. The Morgan fingerprint density at radius 2 is 1.65 bits per heavy atom. The molecule has 1 amide bonds. The largest absolute Gasteiger partial charge is 0.497 e. The summed E-state index contributed by atoms with van der Waals surface area (Å²) in [4.78, 5) is 12.6. The number of ether oxygens (including phenoxy) is 3. The summed E-state index contributed by atoms with van der Waals surface area (Å²) < 4.78 is 17.5. The number of hydrogen-bond acceptors (Lipinski definition) is 6. The Bertz CT molecular complexity index is 1300. The maximum atomic E-state index is 12.6. The molecule has 0 saturated heterocycles. The number of rotatable bonds is 8. The predicted octanol–water partition coefficient (Wildman–Crippen LogP) is 4.33. The molecular weight excluding hydrogens is 432 g/mol. The fraction of sp³-hybridized carbons (Fsp3) is 0.115. The summed E-state index contributed by atoms with van der Waals surface area (Å²) in [6.45, 7) is 0. The maximum absolute atomic E-state index is 12.6. The van der Waals surface area contributed by atoms with E-state index in [1.54, 1.807) is 36.2 Å². The molecule has 0 atom stereocenters. The van der Waals surface area contributed by atoms with Gasteiger partial charge in [0.1, 0.15) is 11.4 Å². The Hall–Kier alpha value is -4.59. The number of benzene rings is 3. The molecule has 0 spiro atoms. The van der Waals surface area contributed by atoms with Gasteiger partial charge in [0, 0.05) is 22.9 Å². The average molecular weight is 457 g/mol. The summed E-state index contributed by atoms with van der Waals surface area (Å²) in [5.74, 6) is 1.38. The number of hydrogen-bond donors (Lipinski definition) is 1. The minimum absolute atomic E-state index is 0.376. The first-order chi connectivity index (χ1) is 16.6. The summed E-state index contributed by atoms with van der Waals surface area (Å²) in [7, 11) is 4.68. The van der Waals surface area contributed by atoms with Crippen LogP contribution in [0, 0.1) is 0 Å². The Morgan fingerprint density at radius 3 is 2.32 bits per heavy atom. The second-order valence-electron chi connectivity index (χ2n) is 7.21. The molecule has 0 radical (unpaired) electrons. The van der Waals surface area contributed by atoms with Crippen molar-refractivity contribution in [1.82, 2.24) is 15.2 Å². The van der Waals surface area contributed by atoms with Crippen molar-refractivity contribution in [3.63, 3.8) is 0 Å². The average Bonchev–Trinajstić information content (AvgIpc) is 3.32. The lowest BCUT2D eigenvalue weighted by atomic mass is 10.1. The second-order valence-corrected chi connectivity index (χ2v) is 7.21. The first-order valence-electron chi connectivity index (χ1n) is 10.5. The lowest BCUT2D eigenvalue weighted by Crippen LogP contribution is -2.17. The third-order valence-corrected chi connectivity index (χ3v) is 5.14. The molecule has 1 N–H and O–H groups in total. The summed E-state index contributed by atoms with van der Waals surface area (Å²) in [5.41, 5.74) is 6.21. The van der Waals surface area contributed by atoms with Crippen LogP contribution in [0.4, 0.5) is 0 Å². The van der Waals surface area contributed by atoms with Crippen LogP contribution >= 0.6 is 0 Å². The van der Waals surface area contributed by atoms with Gasteiger partial charge in [-0.3, -0.25) is 4.79 Å². The van der Waals surface area contributed by atoms with Crippen LogP contribution in [0.2, 0.25) is 0 Å². The highest BCUT2D eigenvalue weighted by atomic mass is 16.5. The Labute approximate surface area is 197 Å². The van der Waals surface area contributed by atoms with E-state index in [0.29, 0.717) is 17.1 Å². The third kappa shape index (κ3) is 4.91. The van der Waals surface area contributed by atoms with Crippen LogP contribution in [-0.2, 0) is 0 Å². The van der Waals surface area contributed by atoms with Crippen molar-refractivity contribution in [2.75, 3.05) is 21.3 Å². The summed E-state index contributed by atoms with van der Waals surface area (Å²) >= 11 is 0. The van der Waals surface area contributed by atoms with E-state index in [1.165, 1.54) is 14.2 Å². The molecule has 0 fully saturated rings. The van der Waals surface area contributed by atoms with Crippen molar-refractivity contribution in [1.29, 1.82) is 0 Å². The van der Waals surface area contributed by atoms with Crippen LogP contribution in [0.1, 0.15) is 15.9 Å². The smallest absolute Gasteiger partial charge is 0.271 e. The fourth-order valence-corrected chi connectivity index (χ4v) is 3.37. The minimum atomic E-state index is -0.376. The van der Waals surface area contributed by atoms with Gasteiger partial charge in [0.2, 0.25) is 0 Å². The van der Waals surface area contributed by atoms with E-state index in [0.717, 1.165) is 28.3 Å². The van der Waals surface area contributed by atoms with Crippen molar-refractivity contribution >= 4 is 12.1 Å². The number of nitrogens with one attached hydrogen (secondary N) is 1. The number of aromatic nitrogens is 2. The molecular formula is C26H24N4O4. The predicted molar refractivity (Wildman–Crippen MR) is 130 cm³/mol. The molecule has 3 aromatic carbocycles. The summed E-state index contributed by atoms with van der Waals surface area (Å²) in [5, 5.41) is 8.91. The molecule has 0 aliphatic heterocycles. The molecule has 0 saturated carbocycles. The molecule has 172 valence electrons. The van der Waals surface area contributed by atoms with Crippen LogP contribution < -0.4 is 19.6 Å². The van der Waals surface area contributed by atoms with Gasteiger partial charge in [0.15, 0.2) is 11.5 Å². The molecule has 1 heterocycles. The molecule has 4 rings (SSSR count). The highest BCUT2D eigenvalue weighted by Gasteiger charge is 2.13. The number of amides is 1. The molecule has 34 heavy (non-hydrogen) atoms. The van der Waals surface area contributed by atoms with Crippen molar-refractivity contribution in [3.05, 3.63) is 90.1 Å². The summed E-state index contributed by atoms with van der Waals surface area (Å²) in [6, 6.07) is 22.3. The van der Waals surface area contributed by atoms with E-state index in [9.17, 15) is 4.79 Å². The van der Waals surface area contributed by atoms with Crippen molar-refractivity contribution in [2.45, 2.75) is 0 Å². The number of para-hydroxylation sites is 1. The van der Waals surface area contributed by atoms with Gasteiger partial charge < -0.3 is 14.2 Å². The van der Waals surface area contributed by atoms with Gasteiger partial charge in [-0.05, 0) is 54.6 Å². The quantitative estimate of drug-likeness (QED) is 0.315. The zero-order valence-corrected chi connectivity index (χ0v) is 19.1. The van der Waals surface area contributed by atoms with Gasteiger partial charge in [-0.1, -0.05) is 18.2 Å². The van der Waals surface area contributed by atoms with E-state index in [4.69, 9.17) is 19.3 Å². The first kappa shape index (κ1) is 22.6. The van der Waals surface area contributed by atoms with Gasteiger partial charge in [-0.25, -0.2) is 10.1 Å². The van der Waals surface area contributed by atoms with E-state index in [-0.39, 0.29) is 5.91 Å². The monoisotopic (exact) mass is 456 g/mol. The van der Waals surface area contributed by atoms with E-state index in [1.807, 2.05) is 60.8 Å². The van der Waals surface area contributed by atoms with Crippen molar-refractivity contribution in [3.8, 4) is 34.2 Å². The molecule has 4 aromatic rings. The topological polar surface area (TPSA) is 87.0 Å². The van der Waals surface area contributed by atoms with Gasteiger partial charge in [-0.2, -0.15) is 10.2 Å². The second kappa shape index (κ2) is 10.4. The number of carbonyl (C=O) groups is 1. The number of hydrazone groups is 1. The Balaban J connectivity index is 1.61. The lowest BCUT2D eigenvalue weighted by Gasteiger charge is -2.08. The van der Waals surface area contributed by atoms with Gasteiger partial charge >= 0.3 is 0 Å². The van der Waals surface area contributed by atoms with E-state index in [2.05, 4.69) is 10.5 Å². The van der Waals surface area contributed by atoms with Crippen LogP contribution in [0.25, 0.3) is 16.9 Å². The Morgan fingerprint density at radius 1 is 0.912 bits per heavy atom. The van der Waals surface area contributed by atoms with Crippen molar-refractivity contribution in [2.24, 2.45) is 5.10 Å². The van der Waals surface area contributed by atoms with Gasteiger partial charge in [-0.15, -0.1) is 0 Å². The number of nitrogens with zero attached hydrogens (tertiary/aromatic N) is 3.